The number of aromatic nitrogens is 4. The molecule has 0 saturated carbocycles. The lowest BCUT2D eigenvalue weighted by molar-refractivity contribution is 0.104. The van der Waals surface area contributed by atoms with Gasteiger partial charge >= 0.3 is 6.01 Å². The molecule has 0 fully saturated rings. The van der Waals surface area contributed by atoms with Gasteiger partial charge in [0.15, 0.2) is 11.6 Å². The number of carbonyl (C=O) groups is 1. The lowest BCUT2D eigenvalue weighted by Crippen LogP contribution is -1.98. The quantitative estimate of drug-likeness (QED) is 0.534. The number of rotatable bonds is 6. The Morgan fingerprint density at radius 3 is 2.92 bits per heavy atom. The standard InChI is InChI=1S/C17H15N5O2/c1-3-14(23)12-5-4-6-13(10-12)24-17-18-8-7-15(20-17)19-16-9-11(2)21-22-16/h3-10H,1H2,2H3,(H2,18,19,20,21,22). The molecule has 1 aromatic carbocycles. The van der Waals surface area contributed by atoms with Crippen LogP contribution in [0.1, 0.15) is 16.1 Å². The van der Waals surface area contributed by atoms with Gasteiger partial charge in [0.2, 0.25) is 0 Å². The van der Waals surface area contributed by atoms with Crippen LogP contribution in [-0.2, 0) is 0 Å². The van der Waals surface area contributed by atoms with Crippen LogP contribution < -0.4 is 10.1 Å². The van der Waals surface area contributed by atoms with Crippen LogP contribution in [-0.4, -0.2) is 25.9 Å². The average molecular weight is 321 g/mol. The summed E-state index contributed by atoms with van der Waals surface area (Å²) in [5, 5.41) is 9.97. The number of hydrogen-bond acceptors (Lipinski definition) is 6. The van der Waals surface area contributed by atoms with E-state index >= 15 is 0 Å². The molecule has 0 bridgehead atoms. The van der Waals surface area contributed by atoms with Crippen molar-refractivity contribution in [3.63, 3.8) is 0 Å². The number of ketones is 1. The first kappa shape index (κ1) is 15.4. The van der Waals surface area contributed by atoms with Crippen molar-refractivity contribution in [2.45, 2.75) is 6.92 Å². The van der Waals surface area contributed by atoms with Crippen LogP contribution in [0, 0.1) is 6.92 Å². The zero-order valence-electron chi connectivity index (χ0n) is 13.0. The SMILES string of the molecule is C=CC(=O)c1cccc(Oc2nccc(Nc3cc(C)[nH]n3)n2)c1. The molecule has 0 atom stereocenters. The molecule has 2 N–H and O–H groups in total. The molecule has 0 amide bonds. The lowest BCUT2D eigenvalue weighted by Gasteiger charge is -2.07. The summed E-state index contributed by atoms with van der Waals surface area (Å²) in [6, 6.07) is 10.5. The van der Waals surface area contributed by atoms with Crippen molar-refractivity contribution in [3.8, 4) is 11.8 Å². The predicted octanol–water partition coefficient (Wildman–Crippen LogP) is 3.41. The minimum absolute atomic E-state index is 0.162. The molecule has 0 aliphatic heterocycles. The molecule has 7 heteroatoms. The Hall–Kier alpha value is -3.48. The highest BCUT2D eigenvalue weighted by molar-refractivity contribution is 6.04. The Morgan fingerprint density at radius 2 is 2.17 bits per heavy atom. The molecule has 0 unspecified atom stereocenters. The number of aromatic amines is 1. The van der Waals surface area contributed by atoms with Gasteiger partial charge in [0.05, 0.1) is 0 Å². The van der Waals surface area contributed by atoms with Crippen LogP contribution in [0.4, 0.5) is 11.6 Å². The van der Waals surface area contributed by atoms with Crippen LogP contribution >= 0.6 is 0 Å². The van der Waals surface area contributed by atoms with E-state index in [0.717, 1.165) is 5.69 Å². The molecule has 2 heterocycles. The summed E-state index contributed by atoms with van der Waals surface area (Å²) >= 11 is 0. The highest BCUT2D eigenvalue weighted by Gasteiger charge is 2.07. The minimum atomic E-state index is -0.175. The number of benzene rings is 1. The number of hydrogen-bond donors (Lipinski definition) is 2. The first-order valence-electron chi connectivity index (χ1n) is 7.21. The zero-order chi connectivity index (χ0) is 16.9. The van der Waals surface area contributed by atoms with Crippen LogP contribution in [0.3, 0.4) is 0 Å². The van der Waals surface area contributed by atoms with Crippen molar-refractivity contribution in [1.29, 1.82) is 0 Å². The molecule has 0 spiro atoms. The van der Waals surface area contributed by atoms with Gasteiger partial charge in [-0.3, -0.25) is 9.89 Å². The van der Waals surface area contributed by atoms with Gasteiger partial charge < -0.3 is 10.1 Å². The van der Waals surface area contributed by atoms with E-state index in [-0.39, 0.29) is 11.8 Å². The largest absolute Gasteiger partial charge is 0.424 e. The van der Waals surface area contributed by atoms with Gasteiger partial charge in [-0.15, -0.1) is 0 Å². The average Bonchev–Trinajstić information content (AvgIpc) is 2.99. The van der Waals surface area contributed by atoms with Crippen LogP contribution in [0.25, 0.3) is 0 Å². The van der Waals surface area contributed by atoms with Crippen molar-refractivity contribution >= 4 is 17.4 Å². The van der Waals surface area contributed by atoms with E-state index in [0.29, 0.717) is 22.9 Å². The fourth-order valence-corrected chi connectivity index (χ4v) is 2.01. The normalized spacial score (nSPS) is 10.2. The molecule has 0 radical (unpaired) electrons. The van der Waals surface area contributed by atoms with Crippen molar-refractivity contribution in [1.82, 2.24) is 20.2 Å². The molecule has 0 aliphatic rings. The molecule has 0 saturated heterocycles. The fourth-order valence-electron chi connectivity index (χ4n) is 2.01. The van der Waals surface area contributed by atoms with Crippen molar-refractivity contribution in [2.24, 2.45) is 0 Å². The van der Waals surface area contributed by atoms with Crippen molar-refractivity contribution < 1.29 is 9.53 Å². The highest BCUT2D eigenvalue weighted by atomic mass is 16.5. The Balaban J connectivity index is 1.77. The van der Waals surface area contributed by atoms with E-state index in [1.54, 1.807) is 36.5 Å². The number of ether oxygens (including phenoxy) is 1. The van der Waals surface area contributed by atoms with E-state index < -0.39 is 0 Å². The lowest BCUT2D eigenvalue weighted by atomic mass is 10.1. The third-order valence-corrected chi connectivity index (χ3v) is 3.11. The maximum atomic E-state index is 11.7. The van der Waals surface area contributed by atoms with E-state index in [2.05, 4.69) is 32.1 Å². The van der Waals surface area contributed by atoms with Gasteiger partial charge in [0.25, 0.3) is 0 Å². The number of allylic oxidation sites excluding steroid dienone is 1. The molecule has 24 heavy (non-hydrogen) atoms. The monoisotopic (exact) mass is 321 g/mol. The van der Waals surface area contributed by atoms with E-state index in [4.69, 9.17) is 4.74 Å². The van der Waals surface area contributed by atoms with Gasteiger partial charge in [0, 0.05) is 23.5 Å². The molecule has 2 aromatic heterocycles. The Labute approximate surface area is 138 Å². The molecule has 7 nitrogen and oxygen atoms in total. The summed E-state index contributed by atoms with van der Waals surface area (Å²) in [5.74, 6) is 1.49. The van der Waals surface area contributed by atoms with Gasteiger partial charge in [0.1, 0.15) is 11.6 Å². The first-order chi connectivity index (χ1) is 11.6. The second-order valence-electron chi connectivity index (χ2n) is 4.98. The number of nitrogens with zero attached hydrogens (tertiary/aromatic N) is 3. The summed E-state index contributed by atoms with van der Waals surface area (Å²) < 4.78 is 5.62. The molecule has 0 aliphatic carbocycles. The summed E-state index contributed by atoms with van der Waals surface area (Å²) in [6.45, 7) is 5.38. The number of anilines is 2. The third-order valence-electron chi connectivity index (χ3n) is 3.11. The number of H-pyrrole nitrogens is 1. The number of carbonyl (C=O) groups excluding carboxylic acids is 1. The van der Waals surface area contributed by atoms with Gasteiger partial charge in [-0.25, -0.2) is 4.98 Å². The van der Waals surface area contributed by atoms with Crippen molar-refractivity contribution in [3.05, 3.63) is 66.5 Å². The predicted molar refractivity (Wildman–Crippen MR) is 89.7 cm³/mol. The Morgan fingerprint density at radius 1 is 1.29 bits per heavy atom. The number of nitrogens with one attached hydrogen (secondary N) is 2. The first-order valence-corrected chi connectivity index (χ1v) is 7.21. The Bertz CT molecular complexity index is 888. The second-order valence-corrected chi connectivity index (χ2v) is 4.98. The molecular weight excluding hydrogens is 306 g/mol. The summed E-state index contributed by atoms with van der Waals surface area (Å²) in [6.07, 6.45) is 2.83. The Kier molecular flexibility index (Phi) is 4.33. The van der Waals surface area contributed by atoms with Crippen LogP contribution in [0.15, 0.2) is 55.3 Å². The van der Waals surface area contributed by atoms with Gasteiger partial charge in [-0.1, -0.05) is 18.7 Å². The van der Waals surface area contributed by atoms with Gasteiger partial charge in [-0.2, -0.15) is 10.1 Å². The van der Waals surface area contributed by atoms with E-state index in [9.17, 15) is 4.79 Å². The molecular formula is C17H15N5O2. The maximum absolute atomic E-state index is 11.7. The van der Waals surface area contributed by atoms with Crippen LogP contribution in [0.2, 0.25) is 0 Å². The summed E-state index contributed by atoms with van der Waals surface area (Å²) in [5.41, 5.74) is 1.43. The zero-order valence-corrected chi connectivity index (χ0v) is 13.0. The number of aryl methyl sites for hydroxylation is 1. The van der Waals surface area contributed by atoms with E-state index in [1.807, 2.05) is 13.0 Å². The second kappa shape index (κ2) is 6.74. The highest BCUT2D eigenvalue weighted by Crippen LogP contribution is 2.21. The maximum Gasteiger partial charge on any atom is 0.323 e. The summed E-state index contributed by atoms with van der Waals surface area (Å²) in [4.78, 5) is 20.0. The van der Waals surface area contributed by atoms with E-state index in [1.165, 1.54) is 6.08 Å². The van der Waals surface area contributed by atoms with Crippen LogP contribution in [0.5, 0.6) is 11.8 Å². The van der Waals surface area contributed by atoms with Gasteiger partial charge in [-0.05, 0) is 31.2 Å². The van der Waals surface area contributed by atoms with Crippen molar-refractivity contribution in [2.75, 3.05) is 5.32 Å². The molecule has 3 aromatic rings. The topological polar surface area (TPSA) is 92.8 Å². The smallest absolute Gasteiger partial charge is 0.323 e. The molecule has 120 valence electrons. The summed E-state index contributed by atoms with van der Waals surface area (Å²) in [7, 11) is 0. The minimum Gasteiger partial charge on any atom is -0.424 e. The molecule has 3 rings (SSSR count). The fraction of sp³-hybridized carbons (Fsp3) is 0.0588. The third kappa shape index (κ3) is 3.64.